The third kappa shape index (κ3) is 2.28. The summed E-state index contributed by atoms with van der Waals surface area (Å²) in [6.45, 7) is 0. The maximum atomic E-state index is 13.3. The first-order valence-corrected chi connectivity index (χ1v) is 6.69. The van der Waals surface area contributed by atoms with Crippen LogP contribution in [0.4, 0.5) is 4.39 Å². The molecule has 0 spiro atoms. The highest BCUT2D eigenvalue weighted by atomic mass is 35.5. The van der Waals surface area contributed by atoms with E-state index in [4.69, 9.17) is 16.0 Å². The Morgan fingerprint density at radius 1 is 1.37 bits per heavy atom. The van der Waals surface area contributed by atoms with E-state index in [9.17, 15) is 9.50 Å². The molecule has 4 heteroatoms. The van der Waals surface area contributed by atoms with Crippen LogP contribution in [0.25, 0.3) is 0 Å². The second-order valence-corrected chi connectivity index (χ2v) is 5.46. The number of rotatable bonds is 2. The minimum absolute atomic E-state index is 0.302. The molecule has 0 amide bonds. The van der Waals surface area contributed by atoms with Crippen LogP contribution in [0.1, 0.15) is 29.7 Å². The van der Waals surface area contributed by atoms with Gasteiger partial charge in [-0.2, -0.15) is 0 Å². The quantitative estimate of drug-likeness (QED) is 0.907. The molecule has 2 aromatic rings. The van der Waals surface area contributed by atoms with Crippen LogP contribution in [0.3, 0.4) is 0 Å². The molecule has 1 aliphatic rings. The van der Waals surface area contributed by atoms with Gasteiger partial charge in [0.25, 0.3) is 0 Å². The number of fused-ring (bicyclic) bond motifs is 1. The molecule has 1 unspecified atom stereocenters. The van der Waals surface area contributed by atoms with E-state index in [1.54, 1.807) is 12.3 Å². The van der Waals surface area contributed by atoms with Gasteiger partial charge in [0, 0.05) is 23.4 Å². The summed E-state index contributed by atoms with van der Waals surface area (Å²) in [5.41, 5.74) is 0.412. The van der Waals surface area contributed by atoms with Gasteiger partial charge < -0.3 is 9.52 Å². The number of benzene rings is 1. The predicted octanol–water partition coefficient (Wildman–Crippen LogP) is 3.84. The van der Waals surface area contributed by atoms with E-state index in [0.29, 0.717) is 23.4 Å². The largest absolute Gasteiger partial charge is 0.469 e. The van der Waals surface area contributed by atoms with Crippen molar-refractivity contribution in [2.45, 2.75) is 31.3 Å². The fourth-order valence-corrected chi connectivity index (χ4v) is 2.99. The molecule has 0 saturated heterocycles. The summed E-state index contributed by atoms with van der Waals surface area (Å²) in [5.74, 6) is 0.479. The zero-order valence-corrected chi connectivity index (χ0v) is 11.1. The molecular formula is C15H14ClFO2. The van der Waals surface area contributed by atoms with E-state index in [1.165, 1.54) is 18.2 Å². The van der Waals surface area contributed by atoms with Crippen molar-refractivity contribution in [2.24, 2.45) is 0 Å². The van der Waals surface area contributed by atoms with Crippen LogP contribution in [0, 0.1) is 5.82 Å². The highest BCUT2D eigenvalue weighted by Crippen LogP contribution is 2.39. The van der Waals surface area contributed by atoms with Crippen molar-refractivity contribution < 1.29 is 13.9 Å². The van der Waals surface area contributed by atoms with Gasteiger partial charge >= 0.3 is 0 Å². The summed E-state index contributed by atoms with van der Waals surface area (Å²) >= 11 is 6.08. The molecule has 2 nitrogen and oxygen atoms in total. The fourth-order valence-electron chi connectivity index (χ4n) is 2.80. The molecule has 19 heavy (non-hydrogen) atoms. The van der Waals surface area contributed by atoms with Crippen LogP contribution >= 0.6 is 11.6 Å². The minimum atomic E-state index is -1.02. The summed E-state index contributed by atoms with van der Waals surface area (Å²) in [6, 6.07) is 6.02. The van der Waals surface area contributed by atoms with Gasteiger partial charge in [-0.15, -0.1) is 0 Å². The van der Waals surface area contributed by atoms with Gasteiger partial charge in [-0.25, -0.2) is 4.39 Å². The molecule has 1 atom stereocenters. The monoisotopic (exact) mass is 280 g/mol. The van der Waals surface area contributed by atoms with Crippen LogP contribution in [-0.4, -0.2) is 5.11 Å². The minimum Gasteiger partial charge on any atom is -0.469 e. The molecule has 1 aromatic heterocycles. The molecular weight excluding hydrogens is 267 g/mol. The fraction of sp³-hybridized carbons (Fsp3) is 0.333. The molecule has 1 aromatic carbocycles. The topological polar surface area (TPSA) is 33.4 Å². The molecule has 0 fully saturated rings. The summed E-state index contributed by atoms with van der Waals surface area (Å²) < 4.78 is 18.7. The molecule has 0 radical (unpaired) electrons. The van der Waals surface area contributed by atoms with E-state index in [-0.39, 0.29) is 5.82 Å². The number of hydrogen-bond donors (Lipinski definition) is 1. The zero-order valence-electron chi connectivity index (χ0n) is 10.3. The first-order chi connectivity index (χ1) is 9.08. The van der Waals surface area contributed by atoms with Gasteiger partial charge in [-0.1, -0.05) is 11.6 Å². The second kappa shape index (κ2) is 4.66. The summed E-state index contributed by atoms with van der Waals surface area (Å²) in [5, 5.41) is 11.3. The van der Waals surface area contributed by atoms with Crippen LogP contribution in [0.5, 0.6) is 0 Å². The van der Waals surface area contributed by atoms with Gasteiger partial charge in [0.05, 0.1) is 11.9 Å². The highest BCUT2D eigenvalue weighted by molar-refractivity contribution is 6.31. The molecule has 1 heterocycles. The van der Waals surface area contributed by atoms with Crippen molar-refractivity contribution in [3.05, 3.63) is 58.3 Å². The van der Waals surface area contributed by atoms with Gasteiger partial charge in [-0.05, 0) is 42.7 Å². The first kappa shape index (κ1) is 12.7. The molecule has 1 aliphatic carbocycles. The maximum Gasteiger partial charge on any atom is 0.123 e. The molecule has 0 aliphatic heterocycles. The van der Waals surface area contributed by atoms with Crippen LogP contribution < -0.4 is 0 Å². The van der Waals surface area contributed by atoms with E-state index in [2.05, 4.69) is 0 Å². The summed E-state index contributed by atoms with van der Waals surface area (Å²) in [7, 11) is 0. The Morgan fingerprint density at radius 2 is 2.21 bits per heavy atom. The maximum absolute atomic E-state index is 13.3. The number of hydrogen-bond acceptors (Lipinski definition) is 2. The van der Waals surface area contributed by atoms with Crippen molar-refractivity contribution in [3.63, 3.8) is 0 Å². The Balaban J connectivity index is 1.97. The number of aliphatic hydroxyl groups is 1. The average Bonchev–Trinajstić information content (AvgIpc) is 2.84. The summed E-state index contributed by atoms with van der Waals surface area (Å²) in [6.07, 6.45) is 4.21. The number of furan rings is 1. The third-order valence-corrected chi connectivity index (χ3v) is 4.10. The van der Waals surface area contributed by atoms with Gasteiger partial charge in [-0.3, -0.25) is 0 Å². The van der Waals surface area contributed by atoms with Gasteiger partial charge in [0.1, 0.15) is 11.6 Å². The van der Waals surface area contributed by atoms with E-state index >= 15 is 0 Å². The Hall–Kier alpha value is -1.32. The smallest absolute Gasteiger partial charge is 0.123 e. The second-order valence-electron chi connectivity index (χ2n) is 5.06. The van der Waals surface area contributed by atoms with Crippen molar-refractivity contribution >= 4 is 11.6 Å². The zero-order chi connectivity index (χ0) is 13.5. The number of aryl methyl sites for hydroxylation is 1. The standard InChI is InChI=1S/C15H14ClFO2/c16-13-4-3-11(17)8-10(13)9-15(18)6-1-2-14-12(15)5-7-19-14/h3-5,7-8,18H,1-2,6,9H2. The Bertz CT molecular complexity index is 608. The van der Waals surface area contributed by atoms with E-state index in [0.717, 1.165) is 24.2 Å². The lowest BCUT2D eigenvalue weighted by Crippen LogP contribution is -2.32. The lowest BCUT2D eigenvalue weighted by molar-refractivity contribution is 0.0168. The highest BCUT2D eigenvalue weighted by Gasteiger charge is 2.36. The Kier molecular flexibility index (Phi) is 3.11. The molecule has 3 rings (SSSR count). The Morgan fingerprint density at radius 3 is 3.05 bits per heavy atom. The van der Waals surface area contributed by atoms with Crippen molar-refractivity contribution in [3.8, 4) is 0 Å². The van der Waals surface area contributed by atoms with E-state index < -0.39 is 5.60 Å². The number of halogens is 2. The van der Waals surface area contributed by atoms with Crippen LogP contribution in [-0.2, 0) is 18.4 Å². The molecule has 0 bridgehead atoms. The molecule has 1 N–H and O–H groups in total. The van der Waals surface area contributed by atoms with Crippen molar-refractivity contribution in [1.29, 1.82) is 0 Å². The lowest BCUT2D eigenvalue weighted by Gasteiger charge is -2.32. The lowest BCUT2D eigenvalue weighted by atomic mass is 9.79. The van der Waals surface area contributed by atoms with Crippen molar-refractivity contribution in [2.75, 3.05) is 0 Å². The summed E-state index contributed by atoms with van der Waals surface area (Å²) in [4.78, 5) is 0. The van der Waals surface area contributed by atoms with Gasteiger partial charge in [0.2, 0.25) is 0 Å². The van der Waals surface area contributed by atoms with Crippen molar-refractivity contribution in [1.82, 2.24) is 0 Å². The van der Waals surface area contributed by atoms with Crippen LogP contribution in [0.15, 0.2) is 34.9 Å². The molecule has 100 valence electrons. The average molecular weight is 281 g/mol. The SMILES string of the molecule is OC1(Cc2cc(F)ccc2Cl)CCCc2occc21. The Labute approximate surface area is 115 Å². The third-order valence-electron chi connectivity index (χ3n) is 3.73. The normalized spacial score (nSPS) is 22.3. The van der Waals surface area contributed by atoms with E-state index in [1.807, 2.05) is 0 Å². The van der Waals surface area contributed by atoms with Crippen LogP contribution in [0.2, 0.25) is 5.02 Å². The predicted molar refractivity (Wildman–Crippen MR) is 70.7 cm³/mol. The van der Waals surface area contributed by atoms with Gasteiger partial charge in [0.15, 0.2) is 0 Å². The first-order valence-electron chi connectivity index (χ1n) is 6.32. The molecule has 0 saturated carbocycles.